The number of nitrogens with one attached hydrogen (secondary N) is 1. The molecule has 3 atom stereocenters. The number of benzene rings is 1. The summed E-state index contributed by atoms with van der Waals surface area (Å²) in [6, 6.07) is 6.34. The Morgan fingerprint density at radius 2 is 2.03 bits per heavy atom. The fourth-order valence-corrected chi connectivity index (χ4v) is 2.74. The highest BCUT2D eigenvalue weighted by molar-refractivity contribution is 5.94. The second-order valence-corrected chi connectivity index (χ2v) is 6.93. The number of aliphatic hydroxyl groups excluding tert-OH is 2. The molecule has 1 aliphatic heterocycles. The molecule has 1 aliphatic rings. The average molecular weight is 460 g/mol. The third kappa shape index (κ3) is 7.74. The summed E-state index contributed by atoms with van der Waals surface area (Å²) in [5.74, 6) is -3.04. The van der Waals surface area contributed by atoms with E-state index in [0.717, 1.165) is 25.0 Å². The number of carbonyl (C=O) groups excluding carboxylic acids is 1. The van der Waals surface area contributed by atoms with Gasteiger partial charge in [0, 0.05) is 0 Å². The van der Waals surface area contributed by atoms with Crippen molar-refractivity contribution in [3.63, 3.8) is 0 Å². The maximum atomic E-state index is 12.7. The number of alkyl halides is 2. The standard InChI is InChI=1S/C13H18N2O4.C8H6F4O/c1-8-2-5-12(19-8)13(18)15-9-3-4-10(14-6-9)11(17)7-16;9-5-2-1-3-6(8(5)12)13-4-7(10)11/h3-4,6,8,11-12,16-17H,2,5,7H2,1H3,(H,15,18);1-3,7H,4H2. The number of aromatic nitrogens is 1. The van der Waals surface area contributed by atoms with E-state index < -0.39 is 42.6 Å². The van der Waals surface area contributed by atoms with Crippen LogP contribution in [-0.4, -0.2) is 53.0 Å². The van der Waals surface area contributed by atoms with Crippen molar-refractivity contribution >= 4 is 11.6 Å². The lowest BCUT2D eigenvalue weighted by atomic mass is 10.2. The van der Waals surface area contributed by atoms with Crippen LogP contribution in [0.15, 0.2) is 36.5 Å². The Hall–Kier alpha value is -2.76. The lowest BCUT2D eigenvalue weighted by molar-refractivity contribution is -0.126. The molecule has 0 spiro atoms. The second-order valence-electron chi connectivity index (χ2n) is 6.93. The Morgan fingerprint density at radius 1 is 1.28 bits per heavy atom. The van der Waals surface area contributed by atoms with Gasteiger partial charge in [-0.3, -0.25) is 9.78 Å². The van der Waals surface area contributed by atoms with E-state index in [-0.39, 0.29) is 18.6 Å². The van der Waals surface area contributed by atoms with Gasteiger partial charge in [-0.2, -0.15) is 4.39 Å². The molecule has 3 unspecified atom stereocenters. The predicted molar refractivity (Wildman–Crippen MR) is 106 cm³/mol. The van der Waals surface area contributed by atoms with Crippen LogP contribution in [0.5, 0.6) is 5.75 Å². The van der Waals surface area contributed by atoms with Crippen LogP contribution < -0.4 is 10.1 Å². The number of nitrogens with zero attached hydrogens (tertiary/aromatic N) is 1. The van der Waals surface area contributed by atoms with E-state index in [1.54, 1.807) is 12.1 Å². The maximum Gasteiger partial charge on any atom is 0.272 e. The van der Waals surface area contributed by atoms with Crippen LogP contribution in [0.3, 0.4) is 0 Å². The quantitative estimate of drug-likeness (QED) is 0.549. The smallest absolute Gasteiger partial charge is 0.272 e. The number of rotatable bonds is 7. The molecule has 176 valence electrons. The van der Waals surface area contributed by atoms with E-state index in [0.29, 0.717) is 11.4 Å². The normalized spacial score (nSPS) is 18.6. The number of hydrogen-bond donors (Lipinski definition) is 3. The molecule has 2 aromatic rings. The van der Waals surface area contributed by atoms with Gasteiger partial charge in [-0.05, 0) is 44.0 Å². The minimum atomic E-state index is -2.71. The molecular formula is C21H24F4N2O5. The van der Waals surface area contributed by atoms with Gasteiger partial charge in [0.15, 0.2) is 11.6 Å². The fraction of sp³-hybridized carbons (Fsp3) is 0.429. The van der Waals surface area contributed by atoms with Gasteiger partial charge >= 0.3 is 0 Å². The van der Waals surface area contributed by atoms with Crippen LogP contribution in [0.2, 0.25) is 0 Å². The van der Waals surface area contributed by atoms with Gasteiger partial charge in [0.2, 0.25) is 5.82 Å². The molecule has 2 heterocycles. The van der Waals surface area contributed by atoms with Crippen molar-refractivity contribution in [3.05, 3.63) is 53.9 Å². The molecule has 1 fully saturated rings. The zero-order chi connectivity index (χ0) is 23.7. The summed E-state index contributed by atoms with van der Waals surface area (Å²) in [6.07, 6.45) is -0.926. The molecule has 1 amide bonds. The average Bonchev–Trinajstić information content (AvgIpc) is 3.21. The first kappa shape index (κ1) is 25.5. The van der Waals surface area contributed by atoms with Crippen LogP contribution in [-0.2, 0) is 9.53 Å². The van der Waals surface area contributed by atoms with Gasteiger partial charge in [-0.1, -0.05) is 6.07 Å². The molecule has 3 N–H and O–H groups in total. The van der Waals surface area contributed by atoms with E-state index in [1.165, 1.54) is 12.3 Å². The number of pyridine rings is 1. The molecule has 0 saturated carbocycles. The Bertz CT molecular complexity index is 870. The Morgan fingerprint density at radius 3 is 2.59 bits per heavy atom. The SMILES string of the molecule is CC1CCC(C(=O)Nc2ccc(C(O)CO)nc2)O1.Fc1cccc(OCC(F)F)c1F. The van der Waals surface area contributed by atoms with Crippen molar-refractivity contribution in [1.29, 1.82) is 0 Å². The lowest BCUT2D eigenvalue weighted by Crippen LogP contribution is -2.27. The van der Waals surface area contributed by atoms with Crippen molar-refractivity contribution in [2.45, 2.75) is 44.5 Å². The molecule has 0 radical (unpaired) electrons. The molecule has 0 aliphatic carbocycles. The summed E-state index contributed by atoms with van der Waals surface area (Å²) < 4.78 is 58.2. The molecular weight excluding hydrogens is 436 g/mol. The second kappa shape index (κ2) is 12.3. The first-order valence-corrected chi connectivity index (χ1v) is 9.77. The number of hydrogen-bond acceptors (Lipinski definition) is 6. The highest BCUT2D eigenvalue weighted by Crippen LogP contribution is 2.21. The summed E-state index contributed by atoms with van der Waals surface area (Å²) in [6.45, 7) is 0.618. The topological polar surface area (TPSA) is 101 Å². The summed E-state index contributed by atoms with van der Waals surface area (Å²) in [5, 5.41) is 20.9. The summed E-state index contributed by atoms with van der Waals surface area (Å²) in [5.41, 5.74) is 0.910. The van der Waals surface area contributed by atoms with Gasteiger partial charge in [0.25, 0.3) is 12.3 Å². The molecule has 1 aromatic heterocycles. The molecule has 7 nitrogen and oxygen atoms in total. The van der Waals surface area contributed by atoms with Gasteiger partial charge in [0.05, 0.1) is 30.3 Å². The Kier molecular flexibility index (Phi) is 9.82. The number of ether oxygens (including phenoxy) is 2. The number of amides is 1. The Labute approximate surface area is 182 Å². The zero-order valence-corrected chi connectivity index (χ0v) is 17.2. The summed E-state index contributed by atoms with van der Waals surface area (Å²) >= 11 is 0. The van der Waals surface area contributed by atoms with Crippen LogP contribution in [0.1, 0.15) is 31.6 Å². The summed E-state index contributed by atoms with van der Waals surface area (Å²) in [7, 11) is 0. The number of anilines is 1. The molecule has 3 rings (SSSR count). The van der Waals surface area contributed by atoms with Crippen LogP contribution >= 0.6 is 0 Å². The number of carbonyl (C=O) groups is 1. The molecule has 0 bridgehead atoms. The van der Waals surface area contributed by atoms with Crippen molar-refractivity contribution in [3.8, 4) is 5.75 Å². The van der Waals surface area contributed by atoms with Crippen LogP contribution in [0.25, 0.3) is 0 Å². The fourth-order valence-electron chi connectivity index (χ4n) is 2.74. The number of aliphatic hydroxyl groups is 2. The van der Waals surface area contributed by atoms with E-state index in [9.17, 15) is 27.5 Å². The van der Waals surface area contributed by atoms with Crippen molar-refractivity contribution < 1.29 is 42.0 Å². The zero-order valence-electron chi connectivity index (χ0n) is 17.2. The number of halogens is 4. The molecule has 32 heavy (non-hydrogen) atoms. The van der Waals surface area contributed by atoms with Gasteiger partial charge in [-0.15, -0.1) is 0 Å². The van der Waals surface area contributed by atoms with Crippen LogP contribution in [0, 0.1) is 11.6 Å². The molecule has 11 heteroatoms. The predicted octanol–water partition coefficient (Wildman–Crippen LogP) is 3.22. The van der Waals surface area contributed by atoms with E-state index in [2.05, 4.69) is 15.0 Å². The minimum absolute atomic E-state index is 0.121. The van der Waals surface area contributed by atoms with Gasteiger partial charge < -0.3 is 25.0 Å². The third-order valence-corrected chi connectivity index (χ3v) is 4.37. The lowest BCUT2D eigenvalue weighted by Gasteiger charge is -2.12. The largest absolute Gasteiger partial charge is 0.484 e. The highest BCUT2D eigenvalue weighted by Gasteiger charge is 2.28. The first-order chi connectivity index (χ1) is 15.2. The van der Waals surface area contributed by atoms with E-state index in [4.69, 9.17) is 9.84 Å². The highest BCUT2D eigenvalue weighted by atomic mass is 19.3. The van der Waals surface area contributed by atoms with Crippen LogP contribution in [0.4, 0.5) is 23.2 Å². The monoisotopic (exact) mass is 460 g/mol. The van der Waals surface area contributed by atoms with E-state index >= 15 is 0 Å². The third-order valence-electron chi connectivity index (χ3n) is 4.37. The van der Waals surface area contributed by atoms with E-state index in [1.807, 2.05) is 6.92 Å². The maximum absolute atomic E-state index is 12.7. The molecule has 1 aromatic carbocycles. The van der Waals surface area contributed by atoms with Crippen molar-refractivity contribution in [2.75, 3.05) is 18.5 Å². The first-order valence-electron chi connectivity index (χ1n) is 9.77. The van der Waals surface area contributed by atoms with Gasteiger partial charge in [0.1, 0.15) is 18.8 Å². The summed E-state index contributed by atoms with van der Waals surface area (Å²) in [4.78, 5) is 15.9. The minimum Gasteiger partial charge on any atom is -0.484 e. The molecule has 1 saturated heterocycles. The van der Waals surface area contributed by atoms with Crippen molar-refractivity contribution in [2.24, 2.45) is 0 Å². The Balaban J connectivity index is 0.000000244. The van der Waals surface area contributed by atoms with Gasteiger partial charge in [-0.25, -0.2) is 13.2 Å². The van der Waals surface area contributed by atoms with Crippen molar-refractivity contribution in [1.82, 2.24) is 4.98 Å².